The molecule has 12 heteroatoms. The second-order valence-electron chi connectivity index (χ2n) is 9.59. The van der Waals surface area contributed by atoms with Crippen LogP contribution in [0.25, 0.3) is 22.2 Å². The van der Waals surface area contributed by atoms with Crippen molar-refractivity contribution in [3.8, 4) is 23.1 Å². The van der Waals surface area contributed by atoms with Crippen LogP contribution in [-0.2, 0) is 14.6 Å². The van der Waals surface area contributed by atoms with Crippen LogP contribution in [0.3, 0.4) is 0 Å². The Hall–Kier alpha value is -3.72. The van der Waals surface area contributed by atoms with E-state index in [0.29, 0.717) is 29.0 Å². The van der Waals surface area contributed by atoms with Crippen molar-refractivity contribution in [1.29, 1.82) is 5.26 Å². The normalized spacial score (nSPS) is 14.9. The van der Waals surface area contributed by atoms with E-state index in [4.69, 9.17) is 4.74 Å². The summed E-state index contributed by atoms with van der Waals surface area (Å²) in [7, 11) is -3.08. The number of aromatic nitrogens is 1. The molecule has 0 bridgehead atoms. The molecule has 8 nitrogen and oxygen atoms in total. The molecule has 4 rings (SSSR count). The second-order valence-corrected chi connectivity index (χ2v) is 11.9. The molecule has 3 aromatic rings. The molecule has 208 valence electrons. The van der Waals surface area contributed by atoms with Crippen LogP contribution < -0.4 is 10.1 Å². The Morgan fingerprint density at radius 1 is 1.21 bits per heavy atom. The van der Waals surface area contributed by atoms with Crippen LogP contribution in [0.5, 0.6) is 5.75 Å². The molecule has 1 heterocycles. The first-order chi connectivity index (χ1) is 18.4. The number of ether oxygens (including phenoxy) is 2. The number of carbonyl (C=O) groups is 1. The highest BCUT2D eigenvalue weighted by Crippen LogP contribution is 2.43. The lowest BCUT2D eigenvalue weighted by molar-refractivity contribution is -0.196. The number of benzene rings is 2. The Balaban J connectivity index is 1.62. The molecule has 0 spiro atoms. The van der Waals surface area contributed by atoms with Gasteiger partial charge in [0.05, 0.1) is 29.1 Å². The highest BCUT2D eigenvalue weighted by Gasteiger charge is 2.39. The Morgan fingerprint density at radius 2 is 1.90 bits per heavy atom. The van der Waals surface area contributed by atoms with Gasteiger partial charge in [0.25, 0.3) is 0 Å². The van der Waals surface area contributed by atoms with Crippen molar-refractivity contribution in [2.75, 3.05) is 23.9 Å². The molecule has 1 aliphatic rings. The van der Waals surface area contributed by atoms with Crippen LogP contribution >= 0.6 is 0 Å². The predicted molar refractivity (Wildman–Crippen MR) is 140 cm³/mol. The monoisotopic (exact) mass is 563 g/mol. The van der Waals surface area contributed by atoms with Crippen molar-refractivity contribution in [3.05, 3.63) is 48.0 Å². The number of sulfone groups is 1. The number of hydrogen-bond acceptors (Lipinski definition) is 6. The molecule has 39 heavy (non-hydrogen) atoms. The highest BCUT2D eigenvalue weighted by molar-refractivity contribution is 7.90. The number of alkyl halides is 3. The molecule has 1 atom stereocenters. The zero-order chi connectivity index (χ0) is 28.4. The smallest absolute Gasteiger partial charge is 0.425 e. The number of halogens is 3. The van der Waals surface area contributed by atoms with Crippen LogP contribution in [0.15, 0.2) is 42.5 Å². The quantitative estimate of drug-likeness (QED) is 0.310. The van der Waals surface area contributed by atoms with Gasteiger partial charge in [-0.05, 0) is 62.4 Å². The summed E-state index contributed by atoms with van der Waals surface area (Å²) in [5.74, 6) is 0.594. The molecule has 0 radical (unpaired) electrons. The minimum Gasteiger partial charge on any atom is -0.493 e. The number of nitrogens with one attached hydrogen (secondary N) is 1. The molecule has 1 saturated carbocycles. The van der Waals surface area contributed by atoms with Gasteiger partial charge in [0.2, 0.25) is 0 Å². The van der Waals surface area contributed by atoms with Gasteiger partial charge >= 0.3 is 12.3 Å². The van der Waals surface area contributed by atoms with Crippen LogP contribution in [-0.4, -0.2) is 50.0 Å². The van der Waals surface area contributed by atoms with Crippen LogP contribution in [0.2, 0.25) is 0 Å². The third kappa shape index (κ3) is 6.65. The van der Waals surface area contributed by atoms with Crippen molar-refractivity contribution < 1.29 is 35.9 Å². The van der Waals surface area contributed by atoms with Gasteiger partial charge in [0.15, 0.2) is 6.10 Å². The third-order valence-corrected chi connectivity index (χ3v) is 7.64. The van der Waals surface area contributed by atoms with E-state index < -0.39 is 28.2 Å². The first kappa shape index (κ1) is 28.3. The summed E-state index contributed by atoms with van der Waals surface area (Å²) in [4.78, 5) is 11.9. The maximum atomic E-state index is 12.7. The number of carbonyl (C=O) groups excluding carboxylic acids is 1. The van der Waals surface area contributed by atoms with Gasteiger partial charge < -0.3 is 14.0 Å². The fourth-order valence-corrected chi connectivity index (χ4v) is 5.04. The van der Waals surface area contributed by atoms with Crippen LogP contribution in [0.4, 0.5) is 23.7 Å². The predicted octanol–water partition coefficient (Wildman–Crippen LogP) is 6.22. The summed E-state index contributed by atoms with van der Waals surface area (Å²) >= 11 is 0. The standard InChI is InChI=1S/C27H28F3N3O5S/c1-17(27(28,29)30)38-26(34)32-19-9-7-18(8-10-19)25-23(16-31)22-12-11-21(37-13-4-14-39(2,35)36)15-24(22)33(25)20-5-3-6-20/h7-12,15,17,20H,3-6,13-14H2,1-2H3,(H,32,34)/t17-/m1/s1. The number of nitrogens with zero attached hydrogens (tertiary/aromatic N) is 2. The number of fused-ring (bicyclic) bond motifs is 1. The van der Waals surface area contributed by atoms with E-state index in [-0.39, 0.29) is 24.1 Å². The summed E-state index contributed by atoms with van der Waals surface area (Å²) in [6, 6.07) is 14.3. The molecule has 2 aromatic carbocycles. The zero-order valence-electron chi connectivity index (χ0n) is 21.4. The van der Waals surface area contributed by atoms with E-state index in [0.717, 1.165) is 37.1 Å². The number of amides is 1. The van der Waals surface area contributed by atoms with E-state index >= 15 is 0 Å². The molecule has 1 fully saturated rings. The van der Waals surface area contributed by atoms with Gasteiger partial charge in [0, 0.05) is 29.4 Å². The minimum atomic E-state index is -4.66. The van der Waals surface area contributed by atoms with E-state index in [9.17, 15) is 31.6 Å². The fraction of sp³-hybridized carbons (Fsp3) is 0.407. The van der Waals surface area contributed by atoms with Gasteiger partial charge in [-0.25, -0.2) is 13.2 Å². The van der Waals surface area contributed by atoms with Gasteiger partial charge in [-0.1, -0.05) is 12.1 Å². The molecule has 1 amide bonds. The molecular formula is C27H28F3N3O5S. The maximum Gasteiger partial charge on any atom is 0.425 e. The molecular weight excluding hydrogens is 535 g/mol. The summed E-state index contributed by atoms with van der Waals surface area (Å²) < 4.78 is 73.1. The summed E-state index contributed by atoms with van der Waals surface area (Å²) in [5.41, 5.74) is 2.94. The first-order valence-electron chi connectivity index (χ1n) is 12.4. The number of hydrogen-bond donors (Lipinski definition) is 1. The fourth-order valence-electron chi connectivity index (χ4n) is 4.40. The average molecular weight is 564 g/mol. The van der Waals surface area contributed by atoms with Crippen molar-refractivity contribution in [2.45, 2.75) is 50.9 Å². The number of nitriles is 1. The largest absolute Gasteiger partial charge is 0.493 e. The van der Waals surface area contributed by atoms with Gasteiger partial charge in [-0.3, -0.25) is 5.32 Å². The minimum absolute atomic E-state index is 0.0281. The second kappa shape index (κ2) is 11.2. The van der Waals surface area contributed by atoms with E-state index in [1.54, 1.807) is 18.2 Å². The molecule has 1 aliphatic carbocycles. The SMILES string of the molecule is C[C@@H](OC(=O)Nc1ccc(-c2c(C#N)c3ccc(OCCCS(C)(=O)=O)cc3n2C2CCC2)cc1)C(F)(F)F. The number of anilines is 1. The molecule has 1 aromatic heterocycles. The van der Waals surface area contributed by atoms with Gasteiger partial charge in [-0.15, -0.1) is 0 Å². The summed E-state index contributed by atoms with van der Waals surface area (Å²) in [6.45, 7) is 0.983. The Labute approximate surface area is 224 Å². The maximum absolute atomic E-state index is 12.7. The molecule has 0 saturated heterocycles. The van der Waals surface area contributed by atoms with E-state index in [2.05, 4.69) is 20.7 Å². The molecule has 1 N–H and O–H groups in total. The lowest BCUT2D eigenvalue weighted by Gasteiger charge is -2.30. The first-order valence-corrected chi connectivity index (χ1v) is 14.5. The Kier molecular flexibility index (Phi) is 8.11. The van der Waals surface area contributed by atoms with Crippen LogP contribution in [0.1, 0.15) is 44.2 Å². The number of rotatable bonds is 9. The lowest BCUT2D eigenvalue weighted by Crippen LogP contribution is -2.32. The van der Waals surface area contributed by atoms with Gasteiger partial charge in [0.1, 0.15) is 21.7 Å². The van der Waals surface area contributed by atoms with E-state index in [1.807, 2.05) is 12.1 Å². The lowest BCUT2D eigenvalue weighted by atomic mass is 9.92. The van der Waals surface area contributed by atoms with Crippen LogP contribution in [0, 0.1) is 11.3 Å². The average Bonchev–Trinajstić information content (AvgIpc) is 3.13. The van der Waals surface area contributed by atoms with E-state index in [1.165, 1.54) is 18.4 Å². The molecule has 0 aliphatic heterocycles. The van der Waals surface area contributed by atoms with Crippen molar-refractivity contribution in [1.82, 2.24) is 4.57 Å². The van der Waals surface area contributed by atoms with Crippen molar-refractivity contribution in [2.24, 2.45) is 0 Å². The summed E-state index contributed by atoms with van der Waals surface area (Å²) in [6.07, 6.45) is -3.68. The third-order valence-electron chi connectivity index (χ3n) is 6.61. The van der Waals surface area contributed by atoms with Crippen molar-refractivity contribution >= 4 is 32.5 Å². The van der Waals surface area contributed by atoms with Crippen molar-refractivity contribution in [3.63, 3.8) is 0 Å². The molecule has 0 unspecified atom stereocenters. The zero-order valence-corrected chi connectivity index (χ0v) is 22.2. The highest BCUT2D eigenvalue weighted by atomic mass is 32.2. The topological polar surface area (TPSA) is 110 Å². The Morgan fingerprint density at radius 3 is 2.46 bits per heavy atom. The summed E-state index contributed by atoms with van der Waals surface area (Å²) in [5, 5.41) is 13.1. The Bertz CT molecular complexity index is 1500. The van der Waals surface area contributed by atoms with Gasteiger partial charge in [-0.2, -0.15) is 18.4 Å².